The van der Waals surface area contributed by atoms with Gasteiger partial charge in [-0.2, -0.15) is 5.26 Å². The predicted molar refractivity (Wildman–Crippen MR) is 86.5 cm³/mol. The zero-order chi connectivity index (χ0) is 15.2. The second kappa shape index (κ2) is 7.46. The molecule has 20 heavy (non-hydrogen) atoms. The molecule has 2 heteroatoms. The maximum Gasteiger partial charge on any atom is 0.0683 e. The number of likely N-dealkylation sites (tertiary alicyclic amines) is 1. The van der Waals surface area contributed by atoms with E-state index in [2.05, 4.69) is 31.7 Å². The summed E-state index contributed by atoms with van der Waals surface area (Å²) in [5.74, 6) is 0.880. The van der Waals surface area contributed by atoms with Crippen molar-refractivity contribution in [3.8, 4) is 6.07 Å². The molecular weight excluding hydrogens is 244 g/mol. The Morgan fingerprint density at radius 3 is 2.35 bits per heavy atom. The van der Waals surface area contributed by atoms with E-state index in [9.17, 15) is 0 Å². The number of rotatable bonds is 5. The van der Waals surface area contributed by atoms with Crippen LogP contribution in [0.25, 0.3) is 0 Å². The van der Waals surface area contributed by atoms with E-state index < -0.39 is 0 Å². The molecule has 0 aromatic carbocycles. The van der Waals surface area contributed by atoms with Gasteiger partial charge in [-0.1, -0.05) is 27.2 Å². The molecule has 0 aliphatic carbocycles. The smallest absolute Gasteiger partial charge is 0.0683 e. The lowest BCUT2D eigenvalue weighted by Gasteiger charge is -2.29. The van der Waals surface area contributed by atoms with Crippen LogP contribution in [0.5, 0.6) is 0 Å². The number of unbranched alkanes of at least 4 members (excludes halogenated alkanes) is 1. The Kier molecular flexibility index (Phi) is 6.52. The van der Waals surface area contributed by atoms with Gasteiger partial charge in [0.1, 0.15) is 0 Å². The minimum Gasteiger partial charge on any atom is -0.303 e. The van der Waals surface area contributed by atoms with E-state index in [-0.39, 0.29) is 5.41 Å². The fraction of sp³-hybridized carbons (Fsp3) is 0.944. The van der Waals surface area contributed by atoms with Gasteiger partial charge in [0.05, 0.1) is 11.5 Å². The monoisotopic (exact) mass is 278 g/mol. The average Bonchev–Trinajstić information content (AvgIpc) is 2.60. The summed E-state index contributed by atoms with van der Waals surface area (Å²) in [6.45, 7) is 15.0. The van der Waals surface area contributed by atoms with Crippen molar-refractivity contribution in [1.82, 2.24) is 4.90 Å². The highest BCUT2D eigenvalue weighted by molar-refractivity contribution is 4.91. The van der Waals surface area contributed by atoms with Crippen molar-refractivity contribution in [2.24, 2.45) is 16.7 Å². The number of hydrogen-bond acceptors (Lipinski definition) is 2. The molecule has 0 bridgehead atoms. The molecule has 1 unspecified atom stereocenters. The lowest BCUT2D eigenvalue weighted by molar-refractivity contribution is 0.207. The van der Waals surface area contributed by atoms with Crippen molar-refractivity contribution in [1.29, 1.82) is 5.26 Å². The minimum atomic E-state index is -0.143. The Balaban J connectivity index is 2.25. The fourth-order valence-electron chi connectivity index (χ4n) is 3.20. The molecule has 1 saturated heterocycles. The van der Waals surface area contributed by atoms with Gasteiger partial charge in [0.15, 0.2) is 0 Å². The maximum atomic E-state index is 9.02. The van der Waals surface area contributed by atoms with Gasteiger partial charge < -0.3 is 4.90 Å². The summed E-state index contributed by atoms with van der Waals surface area (Å²) in [5, 5.41) is 9.02. The molecule has 0 N–H and O–H groups in total. The van der Waals surface area contributed by atoms with Gasteiger partial charge in [-0.3, -0.25) is 0 Å². The van der Waals surface area contributed by atoms with Gasteiger partial charge in [0.25, 0.3) is 0 Å². The van der Waals surface area contributed by atoms with Crippen LogP contribution in [0.1, 0.15) is 73.1 Å². The van der Waals surface area contributed by atoms with Gasteiger partial charge in [-0.05, 0) is 76.9 Å². The fourth-order valence-corrected chi connectivity index (χ4v) is 3.20. The Bertz CT molecular complexity index is 319. The number of nitrogens with zero attached hydrogens (tertiary/aromatic N) is 2. The predicted octanol–water partition coefficient (Wildman–Crippen LogP) is 4.85. The maximum absolute atomic E-state index is 9.02. The van der Waals surface area contributed by atoms with E-state index in [4.69, 9.17) is 5.26 Å². The van der Waals surface area contributed by atoms with Crippen molar-refractivity contribution < 1.29 is 0 Å². The van der Waals surface area contributed by atoms with Crippen molar-refractivity contribution in [3.63, 3.8) is 0 Å². The first-order valence-electron chi connectivity index (χ1n) is 8.38. The summed E-state index contributed by atoms with van der Waals surface area (Å²) in [6.07, 6.45) is 7.55. The Labute approximate surface area is 126 Å². The van der Waals surface area contributed by atoms with Crippen LogP contribution in [0.4, 0.5) is 0 Å². The molecule has 0 saturated carbocycles. The van der Waals surface area contributed by atoms with E-state index in [1.54, 1.807) is 0 Å². The van der Waals surface area contributed by atoms with Crippen molar-refractivity contribution in [2.45, 2.75) is 73.1 Å². The molecule has 1 aliphatic heterocycles. The third-order valence-corrected chi connectivity index (χ3v) is 4.87. The highest BCUT2D eigenvalue weighted by atomic mass is 15.1. The van der Waals surface area contributed by atoms with Crippen LogP contribution in [-0.2, 0) is 0 Å². The van der Waals surface area contributed by atoms with Gasteiger partial charge in [0, 0.05) is 0 Å². The van der Waals surface area contributed by atoms with Crippen LogP contribution in [0.3, 0.4) is 0 Å². The van der Waals surface area contributed by atoms with Crippen LogP contribution in [0, 0.1) is 28.1 Å². The van der Waals surface area contributed by atoms with E-state index in [1.807, 2.05) is 13.8 Å². The molecule has 1 rings (SSSR count). The summed E-state index contributed by atoms with van der Waals surface area (Å²) in [5.41, 5.74) is 0.322. The molecule has 0 radical (unpaired) electrons. The van der Waals surface area contributed by atoms with Crippen LogP contribution in [-0.4, -0.2) is 24.5 Å². The second-order valence-electron chi connectivity index (χ2n) is 8.29. The average molecular weight is 278 g/mol. The molecule has 1 heterocycles. The molecule has 0 spiro atoms. The van der Waals surface area contributed by atoms with E-state index >= 15 is 0 Å². The van der Waals surface area contributed by atoms with Crippen LogP contribution < -0.4 is 0 Å². The normalized spacial score (nSPS) is 22.3. The Hall–Kier alpha value is -0.550. The van der Waals surface area contributed by atoms with Crippen molar-refractivity contribution in [2.75, 3.05) is 19.6 Å². The molecule has 2 nitrogen and oxygen atoms in total. The molecular formula is C18H34N2. The first kappa shape index (κ1) is 17.5. The summed E-state index contributed by atoms with van der Waals surface area (Å²) in [4.78, 5) is 2.64. The molecule has 116 valence electrons. The highest BCUT2D eigenvalue weighted by Crippen LogP contribution is 2.34. The second-order valence-corrected chi connectivity index (χ2v) is 8.29. The van der Waals surface area contributed by atoms with Gasteiger partial charge >= 0.3 is 0 Å². The molecule has 0 aromatic heterocycles. The lowest BCUT2D eigenvalue weighted by Crippen LogP contribution is -2.27. The van der Waals surface area contributed by atoms with Crippen LogP contribution in [0.2, 0.25) is 0 Å². The van der Waals surface area contributed by atoms with E-state index in [1.165, 1.54) is 51.7 Å². The standard InChI is InChI=1S/C18H34N2/c1-17(2,3)16-9-8-13-20(14-10-16)12-7-6-11-18(4,5)15-19/h16H,6-14H2,1-5H3. The summed E-state index contributed by atoms with van der Waals surface area (Å²) >= 11 is 0. The molecule has 0 aromatic rings. The summed E-state index contributed by atoms with van der Waals surface area (Å²) in [7, 11) is 0. The first-order chi connectivity index (χ1) is 9.24. The molecule has 1 atom stereocenters. The SMILES string of the molecule is CC(C)(C#N)CCCCN1CCCC(C(C)(C)C)CC1. The van der Waals surface area contributed by atoms with Crippen LogP contribution >= 0.6 is 0 Å². The summed E-state index contributed by atoms with van der Waals surface area (Å²) in [6, 6.07) is 2.40. The van der Waals surface area contributed by atoms with Crippen LogP contribution in [0.15, 0.2) is 0 Å². The zero-order valence-corrected chi connectivity index (χ0v) is 14.3. The molecule has 1 fully saturated rings. The lowest BCUT2D eigenvalue weighted by atomic mass is 9.77. The minimum absolute atomic E-state index is 0.143. The number of nitriles is 1. The van der Waals surface area contributed by atoms with Crippen molar-refractivity contribution >= 4 is 0 Å². The summed E-state index contributed by atoms with van der Waals surface area (Å²) < 4.78 is 0. The highest BCUT2D eigenvalue weighted by Gasteiger charge is 2.26. The largest absolute Gasteiger partial charge is 0.303 e. The molecule has 0 amide bonds. The third-order valence-electron chi connectivity index (χ3n) is 4.87. The molecule has 1 aliphatic rings. The Morgan fingerprint density at radius 2 is 1.75 bits per heavy atom. The Morgan fingerprint density at radius 1 is 1.05 bits per heavy atom. The van der Waals surface area contributed by atoms with Gasteiger partial charge in [0.2, 0.25) is 0 Å². The topological polar surface area (TPSA) is 27.0 Å². The quantitative estimate of drug-likeness (QED) is 0.672. The van der Waals surface area contributed by atoms with E-state index in [0.717, 1.165) is 12.3 Å². The van der Waals surface area contributed by atoms with Gasteiger partial charge in [-0.25, -0.2) is 0 Å². The third kappa shape index (κ3) is 6.27. The van der Waals surface area contributed by atoms with Gasteiger partial charge in [-0.15, -0.1) is 0 Å². The zero-order valence-electron chi connectivity index (χ0n) is 14.3. The number of hydrogen-bond donors (Lipinski definition) is 0. The van der Waals surface area contributed by atoms with Crippen molar-refractivity contribution in [3.05, 3.63) is 0 Å². The van der Waals surface area contributed by atoms with E-state index in [0.29, 0.717) is 5.41 Å². The first-order valence-corrected chi connectivity index (χ1v) is 8.38.